The van der Waals surface area contributed by atoms with Gasteiger partial charge >= 0.3 is 0 Å². The number of benzene rings is 4. The van der Waals surface area contributed by atoms with E-state index in [9.17, 15) is 0 Å². The third-order valence-corrected chi connectivity index (χ3v) is 4.98. The molecule has 0 aliphatic carbocycles. The fourth-order valence-corrected chi connectivity index (χ4v) is 3.71. The van der Waals surface area contributed by atoms with Crippen molar-refractivity contribution in [3.05, 3.63) is 96.7 Å². The number of aromatic nitrogens is 2. The minimum Gasteiger partial charge on any atom is -0.249 e. The molecule has 2 nitrogen and oxygen atoms in total. The molecule has 0 aliphatic heterocycles. The van der Waals surface area contributed by atoms with Crippen LogP contribution in [-0.4, -0.2) is 9.97 Å². The van der Waals surface area contributed by atoms with E-state index in [0.29, 0.717) is 0 Å². The van der Waals surface area contributed by atoms with Crippen LogP contribution in [0.15, 0.2) is 91.0 Å². The number of nitrogens with zero attached hydrogens (tertiary/aromatic N) is 2. The van der Waals surface area contributed by atoms with Crippen LogP contribution in [0.3, 0.4) is 0 Å². The molecule has 0 amide bonds. The van der Waals surface area contributed by atoms with Crippen molar-refractivity contribution in [2.45, 2.75) is 6.92 Å². The van der Waals surface area contributed by atoms with Crippen LogP contribution in [0.2, 0.25) is 0 Å². The molecule has 5 rings (SSSR count). The monoisotopic (exact) mass is 346 g/mol. The molecule has 1 aromatic heterocycles. The van der Waals surface area contributed by atoms with Crippen molar-refractivity contribution in [1.29, 1.82) is 0 Å². The number of rotatable bonds is 2. The van der Waals surface area contributed by atoms with Gasteiger partial charge in [-0.1, -0.05) is 84.9 Å². The zero-order valence-electron chi connectivity index (χ0n) is 15.1. The molecule has 0 saturated carbocycles. The normalized spacial score (nSPS) is 11.1. The van der Waals surface area contributed by atoms with Crippen molar-refractivity contribution in [2.75, 3.05) is 0 Å². The molecular weight excluding hydrogens is 328 g/mol. The minimum absolute atomic E-state index is 0.933. The zero-order chi connectivity index (χ0) is 18.2. The van der Waals surface area contributed by atoms with E-state index in [2.05, 4.69) is 66.7 Å². The third-order valence-electron chi connectivity index (χ3n) is 4.98. The van der Waals surface area contributed by atoms with E-state index in [-0.39, 0.29) is 0 Å². The summed E-state index contributed by atoms with van der Waals surface area (Å²) in [6.07, 6.45) is 0. The van der Waals surface area contributed by atoms with Gasteiger partial charge < -0.3 is 0 Å². The molecule has 0 N–H and O–H groups in total. The average Bonchev–Trinajstić information content (AvgIpc) is 2.74. The predicted octanol–water partition coefficient (Wildman–Crippen LogP) is 6.43. The molecule has 0 spiro atoms. The van der Waals surface area contributed by atoms with Gasteiger partial charge in [-0.15, -0.1) is 0 Å². The lowest BCUT2D eigenvalue weighted by Gasteiger charge is -2.12. The maximum Gasteiger partial charge on any atom is 0.0979 e. The number of hydrogen-bond acceptors (Lipinski definition) is 2. The second kappa shape index (κ2) is 6.33. The first-order valence-corrected chi connectivity index (χ1v) is 9.12. The summed E-state index contributed by atoms with van der Waals surface area (Å²) in [6.45, 7) is 2.03. The average molecular weight is 346 g/mol. The van der Waals surface area contributed by atoms with Gasteiger partial charge in [0.1, 0.15) is 0 Å². The highest BCUT2D eigenvalue weighted by atomic mass is 14.8. The van der Waals surface area contributed by atoms with Crippen LogP contribution in [0, 0.1) is 6.92 Å². The van der Waals surface area contributed by atoms with E-state index >= 15 is 0 Å². The van der Waals surface area contributed by atoms with Crippen LogP contribution >= 0.6 is 0 Å². The number of hydrogen-bond donors (Lipinski definition) is 0. The van der Waals surface area contributed by atoms with E-state index in [1.807, 2.05) is 31.2 Å². The topological polar surface area (TPSA) is 25.8 Å². The Bertz CT molecular complexity index is 1260. The van der Waals surface area contributed by atoms with Crippen molar-refractivity contribution < 1.29 is 0 Å². The summed E-state index contributed by atoms with van der Waals surface area (Å²) >= 11 is 0. The lowest BCUT2D eigenvalue weighted by Crippen LogP contribution is -1.96. The summed E-state index contributed by atoms with van der Waals surface area (Å²) in [4.78, 5) is 9.97. The fourth-order valence-electron chi connectivity index (χ4n) is 3.71. The van der Waals surface area contributed by atoms with Gasteiger partial charge in [-0.3, -0.25) is 0 Å². The Balaban J connectivity index is 1.89. The number of aryl methyl sites for hydroxylation is 1. The van der Waals surface area contributed by atoms with Crippen LogP contribution in [0.1, 0.15) is 5.69 Å². The summed E-state index contributed by atoms with van der Waals surface area (Å²) < 4.78 is 0. The second-order valence-corrected chi connectivity index (χ2v) is 6.73. The molecule has 0 saturated heterocycles. The highest BCUT2D eigenvalue weighted by Gasteiger charge is 2.13. The van der Waals surface area contributed by atoms with Crippen LogP contribution in [-0.2, 0) is 0 Å². The van der Waals surface area contributed by atoms with E-state index in [0.717, 1.165) is 33.4 Å². The van der Waals surface area contributed by atoms with Crippen molar-refractivity contribution >= 4 is 21.8 Å². The predicted molar refractivity (Wildman–Crippen MR) is 113 cm³/mol. The van der Waals surface area contributed by atoms with Gasteiger partial charge in [-0.2, -0.15) is 0 Å². The smallest absolute Gasteiger partial charge is 0.0979 e. The molecule has 2 heteroatoms. The highest BCUT2D eigenvalue weighted by molar-refractivity contribution is 6.12. The Morgan fingerprint density at radius 1 is 0.593 bits per heavy atom. The molecule has 0 atom stereocenters. The van der Waals surface area contributed by atoms with Gasteiger partial charge in [-0.05, 0) is 29.5 Å². The fraction of sp³-hybridized carbons (Fsp3) is 0.0400. The summed E-state index contributed by atoms with van der Waals surface area (Å²) in [5, 5.41) is 2.34. The Kier molecular flexibility index (Phi) is 3.68. The van der Waals surface area contributed by atoms with Gasteiger partial charge in [0.15, 0.2) is 0 Å². The molecule has 0 unspecified atom stereocenters. The van der Waals surface area contributed by atoms with E-state index in [4.69, 9.17) is 9.97 Å². The molecule has 4 aromatic carbocycles. The molecule has 0 radical (unpaired) electrons. The summed E-state index contributed by atoms with van der Waals surface area (Å²) in [5.41, 5.74) is 7.26. The Hall–Kier alpha value is -3.52. The Labute approximate surface area is 158 Å². The first kappa shape index (κ1) is 15.7. The summed E-state index contributed by atoms with van der Waals surface area (Å²) in [5.74, 6) is 0. The second-order valence-electron chi connectivity index (χ2n) is 6.73. The van der Waals surface area contributed by atoms with Gasteiger partial charge in [0.25, 0.3) is 0 Å². The summed E-state index contributed by atoms with van der Waals surface area (Å²) in [7, 11) is 0. The lowest BCUT2D eigenvalue weighted by atomic mass is 9.97. The highest BCUT2D eigenvalue weighted by Crippen LogP contribution is 2.34. The quantitative estimate of drug-likeness (QED) is 0.344. The molecule has 27 heavy (non-hydrogen) atoms. The molecule has 0 bridgehead atoms. The van der Waals surface area contributed by atoms with Gasteiger partial charge in [-0.25, -0.2) is 9.97 Å². The van der Waals surface area contributed by atoms with Gasteiger partial charge in [0.05, 0.1) is 22.4 Å². The Morgan fingerprint density at radius 3 is 2.04 bits per heavy atom. The van der Waals surface area contributed by atoms with Crippen LogP contribution < -0.4 is 0 Å². The molecule has 1 heterocycles. The third kappa shape index (κ3) is 2.67. The minimum atomic E-state index is 0.933. The van der Waals surface area contributed by atoms with E-state index < -0.39 is 0 Å². The maximum absolute atomic E-state index is 5.10. The lowest BCUT2D eigenvalue weighted by molar-refractivity contribution is 1.19. The standard InChI is InChI=1S/C25H18N2/c1-17-24(20-11-6-3-7-12-20)27-25-22(26-17)16-15-19-13-8-14-21(23(19)25)18-9-4-2-5-10-18/h2-16H,1H3. The van der Waals surface area contributed by atoms with E-state index in [1.165, 1.54) is 16.5 Å². The van der Waals surface area contributed by atoms with E-state index in [1.54, 1.807) is 0 Å². The summed E-state index contributed by atoms with van der Waals surface area (Å²) in [6, 6.07) is 31.4. The van der Waals surface area contributed by atoms with Crippen LogP contribution in [0.5, 0.6) is 0 Å². The van der Waals surface area contributed by atoms with Crippen LogP contribution in [0.25, 0.3) is 44.2 Å². The van der Waals surface area contributed by atoms with Crippen molar-refractivity contribution in [3.63, 3.8) is 0 Å². The molecule has 0 aliphatic rings. The van der Waals surface area contributed by atoms with Gasteiger partial charge in [0, 0.05) is 10.9 Å². The number of fused-ring (bicyclic) bond motifs is 3. The van der Waals surface area contributed by atoms with Crippen LogP contribution in [0.4, 0.5) is 0 Å². The molecule has 5 aromatic rings. The SMILES string of the molecule is Cc1nc2ccc3cccc(-c4ccccc4)c3c2nc1-c1ccccc1. The van der Waals surface area contributed by atoms with Gasteiger partial charge in [0.2, 0.25) is 0 Å². The maximum atomic E-state index is 5.10. The van der Waals surface area contributed by atoms with Crippen molar-refractivity contribution in [3.8, 4) is 22.4 Å². The largest absolute Gasteiger partial charge is 0.249 e. The van der Waals surface area contributed by atoms with Crippen molar-refractivity contribution in [1.82, 2.24) is 9.97 Å². The first-order chi connectivity index (χ1) is 13.3. The molecule has 0 fully saturated rings. The van der Waals surface area contributed by atoms with Crippen molar-refractivity contribution in [2.24, 2.45) is 0 Å². The molecule has 128 valence electrons. The zero-order valence-corrected chi connectivity index (χ0v) is 15.1. The molecular formula is C25H18N2. The first-order valence-electron chi connectivity index (χ1n) is 9.12. The Morgan fingerprint density at radius 2 is 1.30 bits per heavy atom.